The van der Waals surface area contributed by atoms with Gasteiger partial charge in [-0.2, -0.15) is 0 Å². The highest BCUT2D eigenvalue weighted by Crippen LogP contribution is 2.42. The number of hydrogen-bond acceptors (Lipinski definition) is 2. The molecule has 2 unspecified atom stereocenters. The molecule has 0 saturated heterocycles. The molecule has 0 amide bonds. The van der Waals surface area contributed by atoms with Crippen molar-refractivity contribution >= 4 is 19.6 Å². The van der Waals surface area contributed by atoms with Crippen molar-refractivity contribution in [1.29, 1.82) is 0 Å². The predicted molar refractivity (Wildman–Crippen MR) is 103 cm³/mol. The summed E-state index contributed by atoms with van der Waals surface area (Å²) in [6, 6.07) is 12.3. The first-order chi connectivity index (χ1) is 11.0. The maximum atomic E-state index is 10.3. The highest BCUT2D eigenvalue weighted by molar-refractivity contribution is 7.48. The molecule has 0 fully saturated rings. The number of hydrogen-bond donors (Lipinski definition) is 1. The van der Waals surface area contributed by atoms with Crippen LogP contribution in [0.5, 0.6) is 5.75 Å². The van der Waals surface area contributed by atoms with Gasteiger partial charge in [-0.05, 0) is 44.1 Å². The van der Waals surface area contributed by atoms with E-state index in [-0.39, 0.29) is 0 Å². The van der Waals surface area contributed by atoms with Crippen LogP contribution in [0.1, 0.15) is 48.2 Å². The summed E-state index contributed by atoms with van der Waals surface area (Å²) in [5.41, 5.74) is 6.19. The third kappa shape index (κ3) is 4.00. The van der Waals surface area contributed by atoms with Crippen molar-refractivity contribution in [3.8, 4) is 5.75 Å². The Kier molecular flexibility index (Phi) is 5.96. The second-order valence-electron chi connectivity index (χ2n) is 5.97. The van der Waals surface area contributed by atoms with Gasteiger partial charge in [0.05, 0.1) is 0 Å². The van der Waals surface area contributed by atoms with Crippen molar-refractivity contribution < 1.29 is 5.11 Å². The zero-order valence-corrected chi connectivity index (χ0v) is 15.6. The smallest absolute Gasteiger partial charge is 0.119 e. The molecule has 1 N–H and O–H groups in total. The van der Waals surface area contributed by atoms with Crippen LogP contribution in [-0.2, 0) is 0 Å². The van der Waals surface area contributed by atoms with Gasteiger partial charge in [0, 0.05) is 29.5 Å². The fourth-order valence-corrected chi connectivity index (χ4v) is 4.48. The molecule has 2 aromatic carbocycles. The lowest BCUT2D eigenvalue weighted by Gasteiger charge is -2.21. The van der Waals surface area contributed by atoms with E-state index in [0.717, 1.165) is 17.7 Å². The maximum absolute atomic E-state index is 10.3. The van der Waals surface area contributed by atoms with Crippen molar-refractivity contribution in [1.82, 2.24) is 0 Å². The van der Waals surface area contributed by atoms with E-state index in [4.69, 9.17) is 0 Å². The van der Waals surface area contributed by atoms with E-state index in [9.17, 15) is 5.11 Å². The van der Waals surface area contributed by atoms with Gasteiger partial charge in [-0.15, -0.1) is 0 Å². The number of rotatable bonds is 5. The second kappa shape index (κ2) is 7.75. The Morgan fingerprint density at radius 3 is 2.61 bits per heavy atom. The van der Waals surface area contributed by atoms with Crippen LogP contribution in [0.3, 0.4) is 0 Å². The topological polar surface area (TPSA) is 32.6 Å². The summed E-state index contributed by atoms with van der Waals surface area (Å²) >= 11 is 0. The molecule has 122 valence electrons. The van der Waals surface area contributed by atoms with Crippen molar-refractivity contribution in [2.45, 2.75) is 39.8 Å². The summed E-state index contributed by atoms with van der Waals surface area (Å²) in [7, 11) is 2.46. The zero-order chi connectivity index (χ0) is 17.0. The molecule has 2 rings (SSSR count). The maximum Gasteiger partial charge on any atom is 0.119 e. The van der Waals surface area contributed by atoms with E-state index in [1.54, 1.807) is 0 Å². The minimum absolute atomic E-state index is 0.333. The SMILES string of the molecule is CCC(Pc1c(C)cccc1/C(C)=N/C)c1cc(C)ccc1O. The normalized spacial score (nSPS) is 13.7. The number of aromatic hydroxyl groups is 1. The number of aliphatic imine (C=N–C) groups is 1. The molecule has 3 heteroatoms. The number of phenolic OH excluding ortho intramolecular Hbond substituents is 1. The van der Waals surface area contributed by atoms with Crippen LogP contribution in [0, 0.1) is 13.8 Å². The number of benzene rings is 2. The van der Waals surface area contributed by atoms with Gasteiger partial charge in [-0.1, -0.05) is 51.4 Å². The standard InChI is InChI=1S/C20H26NOP/c1-6-19(17-12-13(2)10-11-18(17)22)23-20-14(3)8-7-9-16(20)15(4)21-5/h7-12,19,22-23H,6H2,1-5H3/b21-15+. The zero-order valence-electron chi connectivity index (χ0n) is 14.6. The molecule has 2 aromatic rings. The monoisotopic (exact) mass is 327 g/mol. The number of nitrogens with zero attached hydrogens (tertiary/aromatic N) is 1. The molecule has 0 saturated carbocycles. The lowest BCUT2D eigenvalue weighted by atomic mass is 10.1. The van der Waals surface area contributed by atoms with Gasteiger partial charge >= 0.3 is 0 Å². The van der Waals surface area contributed by atoms with Crippen LogP contribution in [0.4, 0.5) is 0 Å². The van der Waals surface area contributed by atoms with E-state index >= 15 is 0 Å². The summed E-state index contributed by atoms with van der Waals surface area (Å²) in [4.78, 5) is 4.37. The lowest BCUT2D eigenvalue weighted by molar-refractivity contribution is 0.467. The molecule has 23 heavy (non-hydrogen) atoms. The van der Waals surface area contributed by atoms with E-state index in [2.05, 4.69) is 57.0 Å². The molecule has 0 bridgehead atoms. The molecule has 0 aliphatic carbocycles. The van der Waals surface area contributed by atoms with Crippen LogP contribution in [0.25, 0.3) is 0 Å². The highest BCUT2D eigenvalue weighted by Gasteiger charge is 2.18. The summed E-state index contributed by atoms with van der Waals surface area (Å²) in [5, 5.41) is 11.7. The van der Waals surface area contributed by atoms with Crippen LogP contribution in [-0.4, -0.2) is 17.9 Å². The van der Waals surface area contributed by atoms with Crippen LogP contribution >= 0.6 is 8.58 Å². The summed E-state index contributed by atoms with van der Waals surface area (Å²) in [5.74, 6) is 0.408. The van der Waals surface area contributed by atoms with Gasteiger partial charge in [0.15, 0.2) is 0 Å². The van der Waals surface area contributed by atoms with Gasteiger partial charge in [0.2, 0.25) is 0 Å². The third-order valence-corrected chi connectivity index (χ3v) is 6.30. The highest BCUT2D eigenvalue weighted by atomic mass is 31.1. The van der Waals surface area contributed by atoms with Gasteiger partial charge in [0.1, 0.15) is 5.75 Å². The first kappa shape index (κ1) is 17.7. The van der Waals surface area contributed by atoms with Crippen molar-refractivity contribution in [2.24, 2.45) is 4.99 Å². The van der Waals surface area contributed by atoms with Crippen LogP contribution in [0.2, 0.25) is 0 Å². The van der Waals surface area contributed by atoms with Crippen molar-refractivity contribution in [3.05, 3.63) is 58.7 Å². The van der Waals surface area contributed by atoms with Crippen molar-refractivity contribution in [2.75, 3.05) is 7.05 Å². The molecule has 0 aliphatic rings. The first-order valence-electron chi connectivity index (χ1n) is 8.07. The molecule has 2 atom stereocenters. The Morgan fingerprint density at radius 2 is 1.96 bits per heavy atom. The Hall–Kier alpha value is -1.66. The molecule has 0 heterocycles. The quantitative estimate of drug-likeness (QED) is 0.614. The predicted octanol–water partition coefficient (Wildman–Crippen LogP) is 4.90. The summed E-state index contributed by atoms with van der Waals surface area (Å²) in [6.07, 6.45) is 1.01. The van der Waals surface area contributed by atoms with Gasteiger partial charge in [0.25, 0.3) is 0 Å². The van der Waals surface area contributed by atoms with E-state index in [0.29, 0.717) is 20.0 Å². The van der Waals surface area contributed by atoms with Gasteiger partial charge in [-0.3, -0.25) is 4.99 Å². The fraction of sp³-hybridized carbons (Fsp3) is 0.350. The van der Waals surface area contributed by atoms with Gasteiger partial charge in [-0.25, -0.2) is 0 Å². The Labute approximate surface area is 141 Å². The molecule has 2 nitrogen and oxygen atoms in total. The lowest BCUT2D eigenvalue weighted by Crippen LogP contribution is -2.14. The summed E-state index contributed by atoms with van der Waals surface area (Å²) < 4.78 is 0. The van der Waals surface area contributed by atoms with Crippen LogP contribution in [0.15, 0.2) is 41.4 Å². The Bertz CT molecular complexity index is 722. The number of phenols is 1. The van der Waals surface area contributed by atoms with Gasteiger partial charge < -0.3 is 5.11 Å². The fourth-order valence-electron chi connectivity index (χ4n) is 2.81. The molecule has 0 spiro atoms. The molecule has 0 aliphatic heterocycles. The van der Waals surface area contributed by atoms with E-state index in [1.165, 1.54) is 22.0 Å². The average Bonchev–Trinajstić information content (AvgIpc) is 2.55. The minimum atomic E-state index is 0.333. The molecular formula is C20H26NOP. The van der Waals surface area contributed by atoms with E-state index in [1.807, 2.05) is 19.2 Å². The average molecular weight is 327 g/mol. The number of aryl methyl sites for hydroxylation is 2. The second-order valence-corrected chi connectivity index (χ2v) is 7.46. The largest absolute Gasteiger partial charge is 0.508 e. The molecule has 0 radical (unpaired) electrons. The summed E-state index contributed by atoms with van der Waals surface area (Å²) in [6.45, 7) is 8.50. The minimum Gasteiger partial charge on any atom is -0.508 e. The first-order valence-corrected chi connectivity index (χ1v) is 9.15. The Balaban J connectivity index is 2.46. The molecule has 0 aromatic heterocycles. The molecular weight excluding hydrogens is 301 g/mol. The van der Waals surface area contributed by atoms with Crippen molar-refractivity contribution in [3.63, 3.8) is 0 Å². The Morgan fingerprint density at radius 1 is 1.22 bits per heavy atom. The third-order valence-electron chi connectivity index (χ3n) is 4.28. The van der Waals surface area contributed by atoms with E-state index < -0.39 is 0 Å². The van der Waals surface area contributed by atoms with Crippen LogP contribution < -0.4 is 5.30 Å².